The fourth-order valence-corrected chi connectivity index (χ4v) is 5.82. The number of benzene rings is 2. The summed E-state index contributed by atoms with van der Waals surface area (Å²) in [5, 5.41) is 13.9. The summed E-state index contributed by atoms with van der Waals surface area (Å²) in [6.45, 7) is 14.2. The van der Waals surface area contributed by atoms with Gasteiger partial charge in [0.15, 0.2) is 8.32 Å². The number of halogens is 1. The maximum atomic E-state index is 11.5. The second kappa shape index (κ2) is 11.2. The summed E-state index contributed by atoms with van der Waals surface area (Å²) in [6.07, 6.45) is 2.42. The van der Waals surface area contributed by atoms with Gasteiger partial charge in [0.25, 0.3) is 0 Å². The molecule has 2 aromatic carbocycles. The second-order valence-electron chi connectivity index (χ2n) is 11.8. The molecule has 1 aromatic heterocycles. The van der Waals surface area contributed by atoms with Crippen LogP contribution < -0.4 is 14.9 Å². The Bertz CT molecular complexity index is 1470. The molecule has 40 heavy (non-hydrogen) atoms. The monoisotopic (exact) mass is 574 g/mol. The molecule has 3 aromatic rings. The van der Waals surface area contributed by atoms with Crippen LogP contribution in [-0.4, -0.2) is 52.1 Å². The molecule has 0 spiro atoms. The van der Waals surface area contributed by atoms with Crippen LogP contribution >= 0.6 is 11.6 Å². The zero-order valence-corrected chi connectivity index (χ0v) is 25.8. The molecule has 0 aliphatic carbocycles. The van der Waals surface area contributed by atoms with Gasteiger partial charge in [-0.05, 0) is 60.1 Å². The lowest BCUT2D eigenvalue weighted by atomic mass is 9.83. The first-order chi connectivity index (χ1) is 18.8. The van der Waals surface area contributed by atoms with Crippen LogP contribution in [0.25, 0.3) is 11.3 Å². The maximum absolute atomic E-state index is 11.5. The number of hydrogen-bond donors (Lipinski definition) is 1. The number of rotatable bonds is 9. The average Bonchev–Trinajstić information content (AvgIpc) is 3.19. The molecular weight excluding hydrogens is 541 g/mol. The summed E-state index contributed by atoms with van der Waals surface area (Å²) in [7, 11) is 1.02. The Kier molecular flexibility index (Phi) is 8.31. The number of methoxy groups -OCH3 is 1. The summed E-state index contributed by atoms with van der Waals surface area (Å²) in [6, 6.07) is 13.2. The van der Waals surface area contributed by atoms with Gasteiger partial charge in [-0.1, -0.05) is 39.3 Å². The fourth-order valence-electron chi connectivity index (χ4n) is 4.54. The van der Waals surface area contributed by atoms with E-state index in [1.165, 1.54) is 7.41 Å². The van der Waals surface area contributed by atoms with Crippen molar-refractivity contribution >= 4 is 50.8 Å². The van der Waals surface area contributed by atoms with Crippen molar-refractivity contribution in [2.75, 3.05) is 30.4 Å². The van der Waals surface area contributed by atoms with Crippen molar-refractivity contribution in [1.29, 1.82) is 5.26 Å². The molecule has 1 atom stereocenters. The summed E-state index contributed by atoms with van der Waals surface area (Å²) in [5.74, 6) is 0.962. The zero-order valence-electron chi connectivity index (χ0n) is 24.0. The smallest absolute Gasteiger partial charge is 0.329 e. The molecule has 1 aliphatic heterocycles. The number of carbonyl (C=O) groups excluding carboxylic acids is 1. The lowest BCUT2D eigenvalue weighted by molar-refractivity contribution is 0.219. The number of nitriles is 1. The van der Waals surface area contributed by atoms with E-state index in [1.54, 1.807) is 43.6 Å². The fraction of sp³-hybridized carbons (Fsp3) is 0.379. The Hall–Kier alpha value is -3.39. The lowest BCUT2D eigenvalue weighted by Gasteiger charge is -2.39. The molecule has 11 heteroatoms. The number of aromatic nitrogens is 2. The summed E-state index contributed by atoms with van der Waals surface area (Å²) in [5.41, 5.74) is 3.74. The van der Waals surface area contributed by atoms with Gasteiger partial charge in [-0.3, -0.25) is 0 Å². The molecule has 8 nitrogen and oxygen atoms in total. The van der Waals surface area contributed by atoms with Gasteiger partial charge in [-0.2, -0.15) is 5.26 Å². The Labute approximate surface area is 243 Å². The molecule has 1 unspecified atom stereocenters. The van der Waals surface area contributed by atoms with Gasteiger partial charge < -0.3 is 24.1 Å². The van der Waals surface area contributed by atoms with E-state index in [4.69, 9.17) is 25.7 Å². The van der Waals surface area contributed by atoms with Crippen molar-refractivity contribution < 1.29 is 14.0 Å². The van der Waals surface area contributed by atoms with Crippen molar-refractivity contribution in [2.45, 2.75) is 51.2 Å². The Morgan fingerprint density at radius 2 is 2.02 bits per heavy atom. The van der Waals surface area contributed by atoms with E-state index in [9.17, 15) is 10.1 Å². The van der Waals surface area contributed by atoms with Crippen LogP contribution in [0, 0.1) is 11.3 Å². The first-order valence-electron chi connectivity index (χ1n) is 13.0. The number of fused-ring (bicyclic) bond motifs is 1. The molecule has 1 N–H and O–H groups in total. The Morgan fingerprint density at radius 1 is 1.27 bits per heavy atom. The topological polar surface area (TPSA) is 100 Å². The highest BCUT2D eigenvalue weighted by molar-refractivity contribution is 6.74. The number of nitrogens with zero attached hydrogens (tertiary/aromatic N) is 4. The summed E-state index contributed by atoms with van der Waals surface area (Å²) >= 11 is 6.19. The quantitative estimate of drug-likeness (QED) is 0.234. The van der Waals surface area contributed by atoms with E-state index in [2.05, 4.69) is 63.2 Å². The van der Waals surface area contributed by atoms with Gasteiger partial charge in [0, 0.05) is 41.0 Å². The molecular formula is C29H34BClN5O3Si. The molecule has 0 saturated carbocycles. The van der Waals surface area contributed by atoms with E-state index < -0.39 is 13.7 Å². The highest BCUT2D eigenvalue weighted by Gasteiger charge is 2.44. The van der Waals surface area contributed by atoms with Gasteiger partial charge in [0.05, 0.1) is 24.1 Å². The highest BCUT2D eigenvalue weighted by Crippen LogP contribution is 2.46. The van der Waals surface area contributed by atoms with E-state index in [1.807, 2.05) is 4.81 Å². The number of hydrogen-bond acceptors (Lipinski definition) is 8. The van der Waals surface area contributed by atoms with E-state index in [0.717, 1.165) is 23.0 Å². The van der Waals surface area contributed by atoms with Gasteiger partial charge >= 0.3 is 7.41 Å². The van der Waals surface area contributed by atoms with Crippen LogP contribution in [0.5, 0.6) is 5.75 Å². The minimum atomic E-state index is -2.05. The SMILES string of the molecule is COc1ccc(Cl)cc1Nc1nccc(-c2cc(C#N)c3c(c2)C(C)(CO[Si](C)(C)C(C)(C)C)CN3[B]C=O)n1. The van der Waals surface area contributed by atoms with Gasteiger partial charge in [-0.15, -0.1) is 0 Å². The molecule has 207 valence electrons. The molecule has 0 bridgehead atoms. The normalized spacial score (nSPS) is 16.7. The predicted octanol–water partition coefficient (Wildman–Crippen LogP) is 6.33. The third-order valence-electron chi connectivity index (χ3n) is 7.85. The average molecular weight is 575 g/mol. The standard InChI is InChI=1S/C29H34BClN5O3Si/c1-28(2,3)40(6,7)39-17-29(4)16-36(30-18-37)26-20(15-32)12-19(13-22(26)29)23-10-11-33-27(34-23)35-24-14-21(31)8-9-25(24)38-5/h8-14,18H,16-17H2,1-7H3,(H,33,34,35). The molecule has 0 amide bonds. The van der Waals surface area contributed by atoms with Crippen molar-refractivity contribution in [3.8, 4) is 23.1 Å². The van der Waals surface area contributed by atoms with Crippen LogP contribution in [0.2, 0.25) is 23.2 Å². The zero-order chi connectivity index (χ0) is 29.3. The number of ether oxygens (including phenoxy) is 1. The van der Waals surface area contributed by atoms with Crippen LogP contribution in [0.4, 0.5) is 17.3 Å². The predicted molar refractivity (Wildman–Crippen MR) is 164 cm³/mol. The maximum Gasteiger partial charge on any atom is 0.329 e. The van der Waals surface area contributed by atoms with Crippen molar-refractivity contribution in [3.63, 3.8) is 0 Å². The van der Waals surface area contributed by atoms with Crippen LogP contribution in [-0.2, 0) is 14.6 Å². The molecule has 0 fully saturated rings. The largest absolute Gasteiger partial charge is 0.495 e. The second-order valence-corrected chi connectivity index (χ2v) is 17.0. The van der Waals surface area contributed by atoms with Crippen molar-refractivity contribution in [2.24, 2.45) is 0 Å². The first-order valence-corrected chi connectivity index (χ1v) is 16.3. The number of anilines is 3. The molecule has 2 heterocycles. The van der Waals surface area contributed by atoms with Crippen LogP contribution in [0.3, 0.4) is 0 Å². The third-order valence-corrected chi connectivity index (χ3v) is 12.6. The molecule has 1 aliphatic rings. The van der Waals surface area contributed by atoms with Crippen molar-refractivity contribution in [3.05, 3.63) is 58.7 Å². The Morgan fingerprint density at radius 3 is 2.67 bits per heavy atom. The van der Waals surface area contributed by atoms with Gasteiger partial charge in [0.2, 0.25) is 5.95 Å². The minimum absolute atomic E-state index is 0.0507. The van der Waals surface area contributed by atoms with Crippen LogP contribution in [0.1, 0.15) is 38.8 Å². The number of carbonyl (C=O) groups is 1. The first kappa shape index (κ1) is 29.6. The van der Waals surface area contributed by atoms with Gasteiger partial charge in [0.1, 0.15) is 18.0 Å². The summed E-state index contributed by atoms with van der Waals surface area (Å²) < 4.78 is 12.1. The third kappa shape index (κ3) is 5.87. The number of nitrogens with one attached hydrogen (secondary N) is 1. The van der Waals surface area contributed by atoms with E-state index in [0.29, 0.717) is 46.8 Å². The molecule has 4 rings (SSSR count). The lowest BCUT2D eigenvalue weighted by Crippen LogP contribution is -2.46. The van der Waals surface area contributed by atoms with Crippen LogP contribution in [0.15, 0.2) is 42.6 Å². The minimum Gasteiger partial charge on any atom is -0.495 e. The van der Waals surface area contributed by atoms with Crippen molar-refractivity contribution in [1.82, 2.24) is 9.97 Å². The van der Waals surface area contributed by atoms with E-state index >= 15 is 0 Å². The summed E-state index contributed by atoms with van der Waals surface area (Å²) in [4.78, 5) is 22.5. The Balaban J connectivity index is 1.76. The molecule has 1 radical (unpaired) electrons. The van der Waals surface area contributed by atoms with Gasteiger partial charge in [-0.25, -0.2) is 9.97 Å². The molecule has 0 saturated heterocycles. The van der Waals surface area contributed by atoms with E-state index in [-0.39, 0.29) is 5.04 Å². The highest BCUT2D eigenvalue weighted by atomic mass is 35.5.